The Labute approximate surface area is 104 Å². The van der Waals surface area contributed by atoms with Gasteiger partial charge in [-0.2, -0.15) is 0 Å². The Kier molecular flexibility index (Phi) is 3.52. The Morgan fingerprint density at radius 3 is 2.94 bits per heavy atom. The molecule has 2 rings (SSSR count). The highest BCUT2D eigenvalue weighted by Crippen LogP contribution is 2.23. The van der Waals surface area contributed by atoms with Crippen LogP contribution in [0.1, 0.15) is 17.3 Å². The van der Waals surface area contributed by atoms with Gasteiger partial charge in [0.2, 0.25) is 0 Å². The van der Waals surface area contributed by atoms with E-state index in [0.717, 1.165) is 5.56 Å². The lowest BCUT2D eigenvalue weighted by atomic mass is 10.1. The molecule has 0 aliphatic heterocycles. The zero-order valence-electron chi connectivity index (χ0n) is 9.83. The van der Waals surface area contributed by atoms with Crippen LogP contribution in [0.5, 0.6) is 5.75 Å². The third kappa shape index (κ3) is 2.45. The van der Waals surface area contributed by atoms with Crippen LogP contribution in [0.2, 0.25) is 0 Å². The molecule has 5 heteroatoms. The molecular formula is C13H12N2O3. The summed E-state index contributed by atoms with van der Waals surface area (Å²) in [4.78, 5) is 19.7. The van der Waals surface area contributed by atoms with Crippen molar-refractivity contribution in [3.8, 4) is 17.0 Å². The maximum absolute atomic E-state index is 11.6. The van der Waals surface area contributed by atoms with Crippen molar-refractivity contribution in [1.29, 1.82) is 0 Å². The van der Waals surface area contributed by atoms with Gasteiger partial charge in [-0.3, -0.25) is 9.97 Å². The topological polar surface area (TPSA) is 72.3 Å². The number of aromatic nitrogens is 2. The second-order valence-corrected chi connectivity index (χ2v) is 3.55. The minimum atomic E-state index is -0.567. The molecule has 0 radical (unpaired) electrons. The molecule has 0 aromatic carbocycles. The highest BCUT2D eigenvalue weighted by molar-refractivity contribution is 5.93. The fourth-order valence-electron chi connectivity index (χ4n) is 1.49. The van der Waals surface area contributed by atoms with Crippen LogP contribution in [0.25, 0.3) is 11.3 Å². The van der Waals surface area contributed by atoms with Crippen LogP contribution in [-0.4, -0.2) is 27.7 Å². The van der Waals surface area contributed by atoms with E-state index in [0.29, 0.717) is 5.69 Å². The van der Waals surface area contributed by atoms with Crippen LogP contribution in [0.15, 0.2) is 36.8 Å². The van der Waals surface area contributed by atoms with Gasteiger partial charge in [0.25, 0.3) is 0 Å². The molecule has 0 saturated carbocycles. The molecule has 0 fully saturated rings. The summed E-state index contributed by atoms with van der Waals surface area (Å²) >= 11 is 0. The molecule has 0 amide bonds. The second-order valence-electron chi connectivity index (χ2n) is 3.55. The van der Waals surface area contributed by atoms with Crippen molar-refractivity contribution in [3.63, 3.8) is 0 Å². The molecule has 5 nitrogen and oxygen atoms in total. The third-order valence-corrected chi connectivity index (χ3v) is 2.34. The molecule has 1 N–H and O–H groups in total. The van der Waals surface area contributed by atoms with Gasteiger partial charge in [-0.15, -0.1) is 0 Å². The van der Waals surface area contributed by atoms with Crippen molar-refractivity contribution in [2.45, 2.75) is 6.92 Å². The van der Waals surface area contributed by atoms with Crippen molar-refractivity contribution in [1.82, 2.24) is 9.97 Å². The molecule has 92 valence electrons. The Morgan fingerprint density at radius 1 is 1.44 bits per heavy atom. The first kappa shape index (κ1) is 12.0. The number of hydrogen-bond acceptors (Lipinski definition) is 5. The van der Waals surface area contributed by atoms with Crippen LogP contribution < -0.4 is 0 Å². The zero-order chi connectivity index (χ0) is 13.0. The van der Waals surface area contributed by atoms with Crippen molar-refractivity contribution in [2.75, 3.05) is 6.61 Å². The van der Waals surface area contributed by atoms with Gasteiger partial charge in [0.05, 0.1) is 18.5 Å². The molecule has 0 saturated heterocycles. The highest BCUT2D eigenvalue weighted by atomic mass is 16.5. The number of carbonyl (C=O) groups excluding carboxylic acids is 1. The first-order valence-electron chi connectivity index (χ1n) is 5.49. The van der Waals surface area contributed by atoms with Crippen molar-refractivity contribution in [2.24, 2.45) is 0 Å². The van der Waals surface area contributed by atoms with E-state index >= 15 is 0 Å². The Hall–Kier alpha value is -2.43. The summed E-state index contributed by atoms with van der Waals surface area (Å²) < 4.78 is 4.86. The lowest BCUT2D eigenvalue weighted by Crippen LogP contribution is -2.05. The van der Waals surface area contributed by atoms with Gasteiger partial charge in [0.1, 0.15) is 11.3 Å². The normalized spacial score (nSPS) is 10.1. The van der Waals surface area contributed by atoms with Crippen molar-refractivity contribution >= 4 is 5.97 Å². The van der Waals surface area contributed by atoms with Crippen molar-refractivity contribution in [3.05, 3.63) is 42.4 Å². The number of carbonyl (C=O) groups is 1. The van der Waals surface area contributed by atoms with Gasteiger partial charge in [0, 0.05) is 18.0 Å². The average molecular weight is 244 g/mol. The number of esters is 1. The van der Waals surface area contributed by atoms with Gasteiger partial charge >= 0.3 is 5.97 Å². The monoisotopic (exact) mass is 244 g/mol. The number of aromatic hydroxyl groups is 1. The molecule has 0 aliphatic carbocycles. The predicted octanol–water partition coefficient (Wildman–Crippen LogP) is 2.03. The molecule has 2 aromatic rings. The molecule has 0 aliphatic rings. The van der Waals surface area contributed by atoms with Gasteiger partial charge in [-0.25, -0.2) is 4.79 Å². The van der Waals surface area contributed by atoms with Crippen LogP contribution in [-0.2, 0) is 4.74 Å². The Balaban J connectivity index is 2.41. The van der Waals surface area contributed by atoms with Crippen LogP contribution in [0.4, 0.5) is 0 Å². The number of ether oxygens (including phenoxy) is 1. The van der Waals surface area contributed by atoms with E-state index in [4.69, 9.17) is 4.74 Å². The minimum Gasteiger partial charge on any atom is -0.505 e. The largest absolute Gasteiger partial charge is 0.505 e. The van der Waals surface area contributed by atoms with E-state index in [1.807, 2.05) is 6.07 Å². The molecule has 0 atom stereocenters. The summed E-state index contributed by atoms with van der Waals surface area (Å²) in [6.45, 7) is 1.96. The van der Waals surface area contributed by atoms with Crippen LogP contribution in [0.3, 0.4) is 0 Å². The van der Waals surface area contributed by atoms with E-state index in [1.165, 1.54) is 12.3 Å². The summed E-state index contributed by atoms with van der Waals surface area (Å²) in [6.07, 6.45) is 4.51. The van der Waals surface area contributed by atoms with E-state index in [9.17, 15) is 9.90 Å². The average Bonchev–Trinajstić information content (AvgIpc) is 2.40. The molecule has 0 bridgehead atoms. The van der Waals surface area contributed by atoms with Crippen molar-refractivity contribution < 1.29 is 14.6 Å². The number of pyridine rings is 2. The summed E-state index contributed by atoms with van der Waals surface area (Å²) in [5.41, 5.74) is 1.43. The maximum atomic E-state index is 11.6. The van der Waals surface area contributed by atoms with Gasteiger partial charge in [-0.05, 0) is 25.1 Å². The summed E-state index contributed by atoms with van der Waals surface area (Å²) in [5, 5.41) is 9.60. The second kappa shape index (κ2) is 5.27. The number of hydrogen-bond donors (Lipinski definition) is 1. The van der Waals surface area contributed by atoms with Crippen LogP contribution >= 0.6 is 0 Å². The van der Waals surface area contributed by atoms with Gasteiger partial charge in [-0.1, -0.05) is 0 Å². The molecule has 18 heavy (non-hydrogen) atoms. The predicted molar refractivity (Wildman–Crippen MR) is 65.1 cm³/mol. The van der Waals surface area contributed by atoms with Gasteiger partial charge < -0.3 is 9.84 Å². The lowest BCUT2D eigenvalue weighted by molar-refractivity contribution is 0.0523. The fraction of sp³-hybridized carbons (Fsp3) is 0.154. The first-order chi connectivity index (χ1) is 8.72. The molecule has 0 unspecified atom stereocenters. The fourth-order valence-corrected chi connectivity index (χ4v) is 1.49. The minimum absolute atomic E-state index is 0.103. The summed E-state index contributed by atoms with van der Waals surface area (Å²) in [6, 6.07) is 5.08. The van der Waals surface area contributed by atoms with E-state index in [-0.39, 0.29) is 17.9 Å². The Morgan fingerprint density at radius 2 is 2.28 bits per heavy atom. The molecule has 0 spiro atoms. The first-order valence-corrected chi connectivity index (χ1v) is 5.49. The molecule has 2 aromatic heterocycles. The Bertz CT molecular complexity index is 555. The van der Waals surface area contributed by atoms with E-state index in [2.05, 4.69) is 9.97 Å². The smallest absolute Gasteiger partial charge is 0.342 e. The lowest BCUT2D eigenvalue weighted by Gasteiger charge is -2.06. The molecule has 2 heterocycles. The zero-order valence-corrected chi connectivity index (χ0v) is 9.83. The highest BCUT2D eigenvalue weighted by Gasteiger charge is 2.14. The van der Waals surface area contributed by atoms with E-state index < -0.39 is 5.97 Å². The van der Waals surface area contributed by atoms with Gasteiger partial charge in [0.15, 0.2) is 0 Å². The van der Waals surface area contributed by atoms with E-state index in [1.54, 1.807) is 25.4 Å². The molecular weight excluding hydrogens is 232 g/mol. The maximum Gasteiger partial charge on any atom is 0.342 e. The third-order valence-electron chi connectivity index (χ3n) is 2.34. The summed E-state index contributed by atoms with van der Waals surface area (Å²) in [5.74, 6) is -0.761. The van der Waals surface area contributed by atoms with Crippen LogP contribution in [0, 0.1) is 0 Å². The number of nitrogens with zero attached hydrogens (tertiary/aromatic N) is 2. The SMILES string of the molecule is CCOC(=O)c1cc(-c2cccnc2)ncc1O. The quantitative estimate of drug-likeness (QED) is 0.836. The standard InChI is InChI=1S/C13H12N2O3/c1-2-18-13(17)10-6-11(15-8-12(10)16)9-4-3-5-14-7-9/h3-8,16H,2H2,1H3. The number of rotatable bonds is 3. The summed E-state index contributed by atoms with van der Waals surface area (Å²) in [7, 11) is 0.